The number of ether oxygens (including phenoxy) is 1. The summed E-state index contributed by atoms with van der Waals surface area (Å²) in [5.74, 6) is 0.715. The van der Waals surface area contributed by atoms with Gasteiger partial charge in [0.25, 0.3) is 5.91 Å². The lowest BCUT2D eigenvalue weighted by Gasteiger charge is -2.09. The van der Waals surface area contributed by atoms with Crippen molar-refractivity contribution in [1.82, 2.24) is 5.32 Å². The van der Waals surface area contributed by atoms with Gasteiger partial charge in [-0.25, -0.2) is 0 Å². The maximum absolute atomic E-state index is 12.1. The highest BCUT2D eigenvalue weighted by molar-refractivity contribution is 5.94. The smallest absolute Gasteiger partial charge is 0.251 e. The molecule has 2 aromatic carbocycles. The van der Waals surface area contributed by atoms with Crippen LogP contribution in [0.5, 0.6) is 5.75 Å². The van der Waals surface area contributed by atoms with Gasteiger partial charge in [0.2, 0.25) is 0 Å². The van der Waals surface area contributed by atoms with E-state index in [1.54, 1.807) is 7.11 Å². The second-order valence-corrected chi connectivity index (χ2v) is 4.55. The number of hydrogen-bond acceptors (Lipinski definition) is 2. The Labute approximate surface area is 119 Å². The summed E-state index contributed by atoms with van der Waals surface area (Å²) in [4.78, 5) is 12.1. The van der Waals surface area contributed by atoms with E-state index in [9.17, 15) is 4.79 Å². The molecule has 0 aliphatic carbocycles. The molecule has 104 valence electrons. The molecule has 0 aliphatic rings. The number of benzene rings is 2. The maximum Gasteiger partial charge on any atom is 0.251 e. The van der Waals surface area contributed by atoms with E-state index < -0.39 is 0 Å². The zero-order valence-corrected chi connectivity index (χ0v) is 11.8. The number of nitrogens with one attached hydrogen (secondary N) is 1. The number of aryl methyl sites for hydroxylation is 1. The predicted molar refractivity (Wildman–Crippen MR) is 80.0 cm³/mol. The highest BCUT2D eigenvalue weighted by atomic mass is 16.5. The van der Waals surface area contributed by atoms with Crippen LogP contribution in [0.4, 0.5) is 0 Å². The lowest BCUT2D eigenvalue weighted by Crippen LogP contribution is -2.23. The summed E-state index contributed by atoms with van der Waals surface area (Å²) in [5.41, 5.74) is 2.87. The minimum atomic E-state index is -0.0708. The summed E-state index contributed by atoms with van der Waals surface area (Å²) in [6.07, 6.45) is 0.975. The van der Waals surface area contributed by atoms with Crippen molar-refractivity contribution in [3.8, 4) is 5.75 Å². The highest BCUT2D eigenvalue weighted by Crippen LogP contribution is 2.16. The zero-order chi connectivity index (χ0) is 14.4. The van der Waals surface area contributed by atoms with E-state index in [-0.39, 0.29) is 5.91 Å². The van der Waals surface area contributed by atoms with Crippen molar-refractivity contribution >= 4 is 5.91 Å². The molecule has 1 amide bonds. The molecule has 0 aliphatic heterocycles. The van der Waals surface area contributed by atoms with Gasteiger partial charge in [-0.05, 0) is 30.2 Å². The lowest BCUT2D eigenvalue weighted by molar-refractivity contribution is 0.0950. The normalized spacial score (nSPS) is 10.1. The largest absolute Gasteiger partial charge is 0.496 e. The molecule has 2 rings (SSSR count). The molecule has 0 spiro atoms. The molecule has 0 heterocycles. The number of para-hydroxylation sites is 1. The number of methoxy groups -OCH3 is 1. The van der Waals surface area contributed by atoms with Crippen LogP contribution in [0.3, 0.4) is 0 Å². The Morgan fingerprint density at radius 3 is 2.45 bits per heavy atom. The molecule has 0 bridgehead atoms. The topological polar surface area (TPSA) is 38.3 Å². The maximum atomic E-state index is 12.1. The molecule has 1 N–H and O–H groups in total. The molecule has 0 atom stereocenters. The van der Waals surface area contributed by atoms with Crippen LogP contribution in [0.1, 0.15) is 28.4 Å². The van der Waals surface area contributed by atoms with E-state index in [1.807, 2.05) is 48.5 Å². The van der Waals surface area contributed by atoms with Gasteiger partial charge in [0, 0.05) is 17.7 Å². The summed E-state index contributed by atoms with van der Waals surface area (Å²) in [6, 6.07) is 15.4. The Bertz CT molecular complexity index is 576. The Hall–Kier alpha value is -2.29. The molecular formula is C17H19NO2. The van der Waals surface area contributed by atoms with Crippen molar-refractivity contribution in [2.24, 2.45) is 0 Å². The first-order valence-corrected chi connectivity index (χ1v) is 6.73. The molecule has 3 heteroatoms. The van der Waals surface area contributed by atoms with Gasteiger partial charge in [0.15, 0.2) is 0 Å². The number of rotatable bonds is 5. The Morgan fingerprint density at radius 1 is 1.10 bits per heavy atom. The number of hydrogen-bond donors (Lipinski definition) is 1. The van der Waals surface area contributed by atoms with Crippen molar-refractivity contribution in [1.29, 1.82) is 0 Å². The first kappa shape index (κ1) is 14.1. The summed E-state index contributed by atoms with van der Waals surface area (Å²) in [7, 11) is 1.63. The van der Waals surface area contributed by atoms with Gasteiger partial charge in [0.1, 0.15) is 5.75 Å². The van der Waals surface area contributed by atoms with Gasteiger partial charge in [-0.2, -0.15) is 0 Å². The van der Waals surface area contributed by atoms with Crippen molar-refractivity contribution < 1.29 is 9.53 Å². The van der Waals surface area contributed by atoms with Crippen LogP contribution in [0, 0.1) is 0 Å². The fourth-order valence-corrected chi connectivity index (χ4v) is 2.02. The lowest BCUT2D eigenvalue weighted by atomic mass is 10.1. The van der Waals surface area contributed by atoms with E-state index in [1.165, 1.54) is 5.56 Å². The molecule has 3 nitrogen and oxygen atoms in total. The number of carbonyl (C=O) groups excluding carboxylic acids is 1. The standard InChI is InChI=1S/C17H19NO2/c1-3-13-8-10-14(11-9-13)17(19)18-12-15-6-4-5-7-16(15)20-2/h4-11H,3,12H2,1-2H3,(H,18,19). The van der Waals surface area contributed by atoms with Gasteiger partial charge >= 0.3 is 0 Å². The third-order valence-corrected chi connectivity index (χ3v) is 3.26. The average Bonchev–Trinajstić information content (AvgIpc) is 2.53. The van der Waals surface area contributed by atoms with Gasteiger partial charge in [-0.15, -0.1) is 0 Å². The average molecular weight is 269 g/mol. The summed E-state index contributed by atoms with van der Waals surface area (Å²) in [6.45, 7) is 2.55. The van der Waals surface area contributed by atoms with E-state index in [2.05, 4.69) is 12.2 Å². The van der Waals surface area contributed by atoms with Crippen molar-refractivity contribution in [2.75, 3.05) is 7.11 Å². The fourth-order valence-electron chi connectivity index (χ4n) is 2.02. The van der Waals surface area contributed by atoms with Crippen LogP contribution in [0.2, 0.25) is 0 Å². The quantitative estimate of drug-likeness (QED) is 0.905. The SMILES string of the molecule is CCc1ccc(C(=O)NCc2ccccc2OC)cc1. The Kier molecular flexibility index (Phi) is 4.77. The van der Waals surface area contributed by atoms with Gasteiger partial charge < -0.3 is 10.1 Å². The van der Waals surface area contributed by atoms with Crippen LogP contribution in [-0.2, 0) is 13.0 Å². The van der Waals surface area contributed by atoms with Gasteiger partial charge in [-0.1, -0.05) is 37.3 Å². The van der Waals surface area contributed by atoms with Gasteiger partial charge in [-0.3, -0.25) is 4.79 Å². The minimum Gasteiger partial charge on any atom is -0.496 e. The monoisotopic (exact) mass is 269 g/mol. The fraction of sp³-hybridized carbons (Fsp3) is 0.235. The van der Waals surface area contributed by atoms with Crippen molar-refractivity contribution in [2.45, 2.75) is 19.9 Å². The second-order valence-electron chi connectivity index (χ2n) is 4.55. The molecule has 0 fully saturated rings. The number of amides is 1. The van der Waals surface area contributed by atoms with Crippen molar-refractivity contribution in [3.05, 3.63) is 65.2 Å². The third-order valence-electron chi connectivity index (χ3n) is 3.26. The van der Waals surface area contributed by atoms with E-state index in [4.69, 9.17) is 4.74 Å². The van der Waals surface area contributed by atoms with Crippen LogP contribution in [-0.4, -0.2) is 13.0 Å². The highest BCUT2D eigenvalue weighted by Gasteiger charge is 2.07. The van der Waals surface area contributed by atoms with E-state index >= 15 is 0 Å². The molecule has 0 saturated heterocycles. The predicted octanol–water partition coefficient (Wildman–Crippen LogP) is 3.19. The van der Waals surface area contributed by atoms with Crippen LogP contribution in [0.15, 0.2) is 48.5 Å². The molecule has 0 aromatic heterocycles. The van der Waals surface area contributed by atoms with E-state index in [0.717, 1.165) is 17.7 Å². The Morgan fingerprint density at radius 2 is 1.80 bits per heavy atom. The molecular weight excluding hydrogens is 250 g/mol. The van der Waals surface area contributed by atoms with Crippen LogP contribution >= 0.6 is 0 Å². The van der Waals surface area contributed by atoms with Gasteiger partial charge in [0.05, 0.1) is 7.11 Å². The van der Waals surface area contributed by atoms with Crippen molar-refractivity contribution in [3.63, 3.8) is 0 Å². The summed E-state index contributed by atoms with van der Waals surface area (Å²) >= 11 is 0. The molecule has 0 radical (unpaired) electrons. The summed E-state index contributed by atoms with van der Waals surface area (Å²) < 4.78 is 5.26. The second kappa shape index (κ2) is 6.75. The molecule has 0 unspecified atom stereocenters. The number of carbonyl (C=O) groups is 1. The third kappa shape index (κ3) is 3.38. The summed E-state index contributed by atoms with van der Waals surface area (Å²) in [5, 5.41) is 2.91. The molecule has 20 heavy (non-hydrogen) atoms. The molecule has 2 aromatic rings. The zero-order valence-electron chi connectivity index (χ0n) is 11.8. The molecule has 0 saturated carbocycles. The Balaban J connectivity index is 2.01. The first-order chi connectivity index (χ1) is 9.74. The van der Waals surface area contributed by atoms with E-state index in [0.29, 0.717) is 12.1 Å². The van der Waals surface area contributed by atoms with Crippen LogP contribution in [0.25, 0.3) is 0 Å². The van der Waals surface area contributed by atoms with Crippen LogP contribution < -0.4 is 10.1 Å². The minimum absolute atomic E-state index is 0.0708. The first-order valence-electron chi connectivity index (χ1n) is 6.73.